The van der Waals surface area contributed by atoms with Crippen molar-refractivity contribution in [3.63, 3.8) is 0 Å². The summed E-state index contributed by atoms with van der Waals surface area (Å²) >= 11 is 7.53. The van der Waals surface area contributed by atoms with Crippen LogP contribution in [-0.2, 0) is 4.74 Å². The minimum atomic E-state index is -0.0263. The van der Waals surface area contributed by atoms with Gasteiger partial charge in [-0.25, -0.2) is 0 Å². The maximum atomic E-state index is 12.7. The molecule has 0 saturated carbocycles. The lowest BCUT2D eigenvalue weighted by molar-refractivity contribution is 0.00470. The van der Waals surface area contributed by atoms with Crippen LogP contribution in [0.3, 0.4) is 0 Å². The fourth-order valence-electron chi connectivity index (χ4n) is 2.35. The number of thiophene rings is 1. The zero-order chi connectivity index (χ0) is 13.2. The van der Waals surface area contributed by atoms with E-state index in [-0.39, 0.29) is 11.9 Å². The second-order valence-corrected chi connectivity index (χ2v) is 5.75. The van der Waals surface area contributed by atoms with Gasteiger partial charge in [-0.1, -0.05) is 18.2 Å². The van der Waals surface area contributed by atoms with E-state index in [1.807, 2.05) is 34.5 Å². The van der Waals surface area contributed by atoms with Gasteiger partial charge in [0.15, 0.2) is 0 Å². The molecule has 0 spiro atoms. The Morgan fingerprint density at radius 1 is 1.47 bits per heavy atom. The number of amides is 1. The van der Waals surface area contributed by atoms with Gasteiger partial charge in [0.25, 0.3) is 5.91 Å². The normalized spacial score (nSPS) is 19.8. The largest absolute Gasteiger partial charge is 0.377 e. The molecule has 100 valence electrons. The molecule has 1 fully saturated rings. The summed E-state index contributed by atoms with van der Waals surface area (Å²) in [5.41, 5.74) is 0.776. The molecular formula is C14H14ClNO2S. The Labute approximate surface area is 120 Å². The number of morpholine rings is 1. The summed E-state index contributed by atoms with van der Waals surface area (Å²) in [6.07, 6.45) is 0. The molecule has 5 heteroatoms. The van der Waals surface area contributed by atoms with Gasteiger partial charge >= 0.3 is 0 Å². The van der Waals surface area contributed by atoms with Gasteiger partial charge in [0.05, 0.1) is 24.8 Å². The number of benzene rings is 1. The summed E-state index contributed by atoms with van der Waals surface area (Å²) in [4.78, 5) is 14.5. The van der Waals surface area contributed by atoms with Gasteiger partial charge in [-0.15, -0.1) is 22.9 Å². The molecule has 1 aromatic heterocycles. The summed E-state index contributed by atoms with van der Waals surface area (Å²) in [7, 11) is 0. The number of carbonyl (C=O) groups excluding carboxylic acids is 1. The molecule has 1 saturated heterocycles. The first-order valence-corrected chi connectivity index (χ1v) is 7.63. The highest BCUT2D eigenvalue weighted by atomic mass is 35.5. The molecule has 2 aromatic rings. The van der Waals surface area contributed by atoms with Crippen LogP contribution in [0.25, 0.3) is 10.1 Å². The Morgan fingerprint density at radius 2 is 2.32 bits per heavy atom. The van der Waals surface area contributed by atoms with E-state index in [0.29, 0.717) is 25.6 Å². The van der Waals surface area contributed by atoms with E-state index in [1.165, 1.54) is 0 Å². The molecule has 1 aliphatic rings. The van der Waals surface area contributed by atoms with Crippen molar-refractivity contribution in [1.82, 2.24) is 4.90 Å². The van der Waals surface area contributed by atoms with Crippen molar-refractivity contribution >= 4 is 38.9 Å². The van der Waals surface area contributed by atoms with Gasteiger partial charge in [0.2, 0.25) is 0 Å². The maximum Gasteiger partial charge on any atom is 0.255 e. The number of rotatable bonds is 2. The Bertz CT molecular complexity index is 598. The van der Waals surface area contributed by atoms with Crippen molar-refractivity contribution in [2.75, 3.05) is 25.6 Å². The Hall–Kier alpha value is -1.10. The summed E-state index contributed by atoms with van der Waals surface area (Å²) in [6, 6.07) is 7.96. The maximum absolute atomic E-state index is 12.7. The standard InChI is InChI=1S/C14H14ClNO2S/c15-7-10-8-18-6-5-16(10)14(17)12-9-19-13-4-2-1-3-11(12)13/h1-4,9-10H,5-8H2. The van der Waals surface area contributed by atoms with Crippen LogP contribution in [0.2, 0.25) is 0 Å². The fraction of sp³-hybridized carbons (Fsp3) is 0.357. The SMILES string of the molecule is O=C(c1csc2ccccc12)N1CCOCC1CCl. The van der Waals surface area contributed by atoms with Gasteiger partial charge in [0, 0.05) is 27.9 Å². The van der Waals surface area contributed by atoms with Gasteiger partial charge in [-0.3, -0.25) is 4.79 Å². The zero-order valence-electron chi connectivity index (χ0n) is 10.3. The third-order valence-corrected chi connectivity index (χ3v) is 4.70. The van der Waals surface area contributed by atoms with Crippen molar-refractivity contribution in [2.24, 2.45) is 0 Å². The van der Waals surface area contributed by atoms with E-state index >= 15 is 0 Å². The number of ether oxygens (including phenoxy) is 1. The van der Waals surface area contributed by atoms with Crippen molar-refractivity contribution in [3.05, 3.63) is 35.2 Å². The summed E-state index contributed by atoms with van der Waals surface area (Å²) < 4.78 is 6.52. The van der Waals surface area contributed by atoms with E-state index < -0.39 is 0 Å². The highest BCUT2D eigenvalue weighted by Gasteiger charge is 2.28. The molecule has 19 heavy (non-hydrogen) atoms. The van der Waals surface area contributed by atoms with Crippen molar-refractivity contribution in [1.29, 1.82) is 0 Å². The molecule has 3 rings (SSSR count). The lowest BCUT2D eigenvalue weighted by Crippen LogP contribution is -2.49. The second-order valence-electron chi connectivity index (χ2n) is 4.53. The number of fused-ring (bicyclic) bond motifs is 1. The minimum Gasteiger partial charge on any atom is -0.377 e. The molecule has 0 bridgehead atoms. The quantitative estimate of drug-likeness (QED) is 0.797. The van der Waals surface area contributed by atoms with Crippen molar-refractivity contribution in [3.8, 4) is 0 Å². The van der Waals surface area contributed by atoms with Crippen LogP contribution in [0, 0.1) is 0 Å². The van der Waals surface area contributed by atoms with E-state index in [9.17, 15) is 4.79 Å². The van der Waals surface area contributed by atoms with Crippen LogP contribution in [0.1, 0.15) is 10.4 Å². The van der Waals surface area contributed by atoms with Gasteiger partial charge in [-0.2, -0.15) is 0 Å². The molecular weight excluding hydrogens is 282 g/mol. The van der Waals surface area contributed by atoms with E-state index in [4.69, 9.17) is 16.3 Å². The third kappa shape index (κ3) is 2.36. The second kappa shape index (κ2) is 5.49. The van der Waals surface area contributed by atoms with Crippen LogP contribution in [0.4, 0.5) is 0 Å². The third-order valence-electron chi connectivity index (χ3n) is 3.38. The number of nitrogens with zero attached hydrogens (tertiary/aromatic N) is 1. The fourth-order valence-corrected chi connectivity index (χ4v) is 3.54. The average molecular weight is 296 g/mol. The topological polar surface area (TPSA) is 29.5 Å². The number of halogens is 1. The molecule has 3 nitrogen and oxygen atoms in total. The first-order valence-electron chi connectivity index (χ1n) is 6.22. The first-order chi connectivity index (χ1) is 9.31. The van der Waals surface area contributed by atoms with Gasteiger partial charge in [-0.05, 0) is 6.07 Å². The predicted octanol–water partition coefficient (Wildman–Crippen LogP) is 2.98. The number of alkyl halides is 1. The smallest absolute Gasteiger partial charge is 0.255 e. The monoisotopic (exact) mass is 295 g/mol. The molecule has 1 amide bonds. The first kappa shape index (κ1) is 12.9. The van der Waals surface area contributed by atoms with Crippen LogP contribution in [-0.4, -0.2) is 42.5 Å². The summed E-state index contributed by atoms with van der Waals surface area (Å²) in [5.74, 6) is 0.472. The van der Waals surface area contributed by atoms with Gasteiger partial charge in [0.1, 0.15) is 0 Å². The van der Waals surface area contributed by atoms with Crippen LogP contribution >= 0.6 is 22.9 Å². The molecule has 0 radical (unpaired) electrons. The molecule has 1 aromatic carbocycles. The summed E-state index contributed by atoms with van der Waals surface area (Å²) in [6.45, 7) is 1.72. The van der Waals surface area contributed by atoms with E-state index in [1.54, 1.807) is 11.3 Å². The highest BCUT2D eigenvalue weighted by Crippen LogP contribution is 2.27. The molecule has 1 aliphatic heterocycles. The van der Waals surface area contributed by atoms with E-state index in [0.717, 1.165) is 15.6 Å². The number of hydrogen-bond acceptors (Lipinski definition) is 3. The Morgan fingerprint density at radius 3 is 3.16 bits per heavy atom. The molecule has 0 N–H and O–H groups in total. The van der Waals surface area contributed by atoms with Crippen molar-refractivity contribution in [2.45, 2.75) is 6.04 Å². The van der Waals surface area contributed by atoms with Crippen molar-refractivity contribution < 1.29 is 9.53 Å². The lowest BCUT2D eigenvalue weighted by Gasteiger charge is -2.34. The van der Waals surface area contributed by atoms with E-state index in [2.05, 4.69) is 0 Å². The van der Waals surface area contributed by atoms with Crippen LogP contribution in [0.15, 0.2) is 29.6 Å². The highest BCUT2D eigenvalue weighted by molar-refractivity contribution is 7.17. The minimum absolute atomic E-state index is 0.0263. The Balaban J connectivity index is 1.94. The predicted molar refractivity (Wildman–Crippen MR) is 78.2 cm³/mol. The molecule has 1 unspecified atom stereocenters. The Kier molecular flexibility index (Phi) is 3.73. The van der Waals surface area contributed by atoms with Gasteiger partial charge < -0.3 is 9.64 Å². The molecule has 0 aliphatic carbocycles. The summed E-state index contributed by atoms with van der Waals surface area (Å²) in [5, 5.41) is 2.96. The number of carbonyl (C=O) groups is 1. The van der Waals surface area contributed by atoms with Crippen LogP contribution < -0.4 is 0 Å². The molecule has 2 heterocycles. The average Bonchev–Trinajstić information content (AvgIpc) is 2.90. The number of hydrogen-bond donors (Lipinski definition) is 0. The zero-order valence-corrected chi connectivity index (χ0v) is 11.9. The molecule has 1 atom stereocenters. The van der Waals surface area contributed by atoms with Crippen LogP contribution in [0.5, 0.6) is 0 Å². The lowest BCUT2D eigenvalue weighted by atomic mass is 10.1.